The largest absolute Gasteiger partial charge is 0.495 e. The molecule has 3 rings (SSSR count). The zero-order valence-electron chi connectivity index (χ0n) is 18.0. The van der Waals surface area contributed by atoms with Crippen molar-refractivity contribution in [3.63, 3.8) is 0 Å². The van der Waals surface area contributed by atoms with Gasteiger partial charge in [-0.3, -0.25) is 14.9 Å². The van der Waals surface area contributed by atoms with Crippen molar-refractivity contribution in [2.24, 2.45) is 0 Å². The molecule has 1 heterocycles. The second-order valence-corrected chi connectivity index (χ2v) is 9.48. The minimum absolute atomic E-state index is 0.0877. The molecule has 10 nitrogen and oxygen atoms in total. The number of nitro benzene ring substituents is 1. The first-order valence-corrected chi connectivity index (χ1v) is 11.7. The summed E-state index contributed by atoms with van der Waals surface area (Å²) in [6, 6.07) is 11.8. The number of hydrogen-bond donors (Lipinski definition) is 1. The van der Waals surface area contributed by atoms with Crippen LogP contribution < -0.4 is 15.0 Å². The Morgan fingerprint density at radius 3 is 2.50 bits per heavy atom. The molecule has 1 aliphatic rings. The molecule has 1 fully saturated rings. The second-order valence-electron chi connectivity index (χ2n) is 7.39. The number of sulfonamides is 1. The predicted molar refractivity (Wildman–Crippen MR) is 121 cm³/mol. The lowest BCUT2D eigenvalue weighted by Crippen LogP contribution is -2.50. The van der Waals surface area contributed by atoms with E-state index in [1.54, 1.807) is 14.0 Å². The van der Waals surface area contributed by atoms with Gasteiger partial charge in [-0.25, -0.2) is 8.42 Å². The topological polar surface area (TPSA) is 122 Å². The first kappa shape index (κ1) is 23.5. The number of anilines is 1. The van der Waals surface area contributed by atoms with Crippen LogP contribution in [0.1, 0.15) is 15.9 Å². The molecule has 2 aromatic rings. The fraction of sp³-hybridized carbons (Fsp3) is 0.381. The number of benzene rings is 2. The summed E-state index contributed by atoms with van der Waals surface area (Å²) in [5, 5.41) is 13.6. The maximum atomic E-state index is 12.7. The molecule has 0 radical (unpaired) electrons. The first-order valence-electron chi connectivity index (χ1n) is 10.1. The van der Waals surface area contributed by atoms with Crippen LogP contribution in [0.25, 0.3) is 0 Å². The molecule has 0 spiro atoms. The Labute approximate surface area is 187 Å². The SMILES string of the molecule is COc1ccccc1N1CCN(S(=O)(=O)CCNC(=O)c2ccc(C)c([N+](=O)[O-])c2)CC1. The van der Waals surface area contributed by atoms with Gasteiger partial charge < -0.3 is 15.0 Å². The third-order valence-corrected chi connectivity index (χ3v) is 7.24. The van der Waals surface area contributed by atoms with Crippen LogP contribution in [0.4, 0.5) is 11.4 Å². The molecule has 0 atom stereocenters. The van der Waals surface area contributed by atoms with E-state index in [0.29, 0.717) is 31.7 Å². The van der Waals surface area contributed by atoms with E-state index in [9.17, 15) is 23.3 Å². The molecular formula is C21H26N4O6S. The normalized spacial score (nSPS) is 14.8. The maximum Gasteiger partial charge on any atom is 0.273 e. The van der Waals surface area contributed by atoms with Crippen molar-refractivity contribution in [1.29, 1.82) is 0 Å². The van der Waals surface area contributed by atoms with E-state index >= 15 is 0 Å². The monoisotopic (exact) mass is 462 g/mol. The zero-order valence-corrected chi connectivity index (χ0v) is 18.8. The molecule has 0 saturated carbocycles. The summed E-state index contributed by atoms with van der Waals surface area (Å²) >= 11 is 0. The highest BCUT2D eigenvalue weighted by atomic mass is 32.2. The molecule has 0 bridgehead atoms. The van der Waals surface area contributed by atoms with Crippen molar-refractivity contribution in [2.45, 2.75) is 6.92 Å². The van der Waals surface area contributed by atoms with Crippen LogP contribution in [-0.4, -0.2) is 69.1 Å². The Kier molecular flexibility index (Phi) is 7.31. The fourth-order valence-corrected chi connectivity index (χ4v) is 4.91. The number of carbonyl (C=O) groups excluding carboxylic acids is 1. The Morgan fingerprint density at radius 1 is 1.16 bits per heavy atom. The van der Waals surface area contributed by atoms with Crippen LogP contribution in [0, 0.1) is 17.0 Å². The number of methoxy groups -OCH3 is 1. The Bertz CT molecular complexity index is 1100. The van der Waals surface area contributed by atoms with E-state index in [4.69, 9.17) is 4.74 Å². The number of amides is 1. The summed E-state index contributed by atoms with van der Waals surface area (Å²) in [6.45, 7) is 3.21. The molecule has 11 heteroatoms. The van der Waals surface area contributed by atoms with Gasteiger partial charge in [-0.1, -0.05) is 18.2 Å². The number of carbonyl (C=O) groups is 1. The number of ether oxygens (including phenoxy) is 1. The molecule has 1 amide bonds. The van der Waals surface area contributed by atoms with Crippen molar-refractivity contribution in [3.8, 4) is 5.75 Å². The second kappa shape index (κ2) is 9.96. The maximum absolute atomic E-state index is 12.7. The van der Waals surface area contributed by atoms with Crippen molar-refractivity contribution in [2.75, 3.05) is 50.5 Å². The molecule has 1 saturated heterocycles. The average Bonchev–Trinajstić information content (AvgIpc) is 2.79. The Morgan fingerprint density at radius 2 is 1.84 bits per heavy atom. The van der Waals surface area contributed by atoms with Crippen molar-refractivity contribution >= 4 is 27.3 Å². The van der Waals surface area contributed by atoms with Gasteiger partial charge in [-0.2, -0.15) is 4.31 Å². The Balaban J connectivity index is 1.53. The number of nitrogens with zero attached hydrogens (tertiary/aromatic N) is 3. The summed E-state index contributed by atoms with van der Waals surface area (Å²) in [5.41, 5.74) is 1.33. The lowest BCUT2D eigenvalue weighted by atomic mass is 10.1. The number of para-hydroxylation sites is 2. The van der Waals surface area contributed by atoms with Gasteiger partial charge in [-0.15, -0.1) is 0 Å². The molecule has 0 unspecified atom stereocenters. The molecular weight excluding hydrogens is 436 g/mol. The minimum atomic E-state index is -3.56. The number of nitro groups is 1. The summed E-state index contributed by atoms with van der Waals surface area (Å²) in [5.74, 6) is -0.0615. The predicted octanol–water partition coefficient (Wildman–Crippen LogP) is 1.79. The first-order chi connectivity index (χ1) is 15.2. The molecule has 32 heavy (non-hydrogen) atoms. The van der Waals surface area contributed by atoms with E-state index in [1.165, 1.54) is 22.5 Å². The third kappa shape index (κ3) is 5.35. The molecule has 0 aromatic heterocycles. The van der Waals surface area contributed by atoms with Gasteiger partial charge in [0.1, 0.15) is 5.75 Å². The molecule has 0 aliphatic carbocycles. The number of hydrogen-bond acceptors (Lipinski definition) is 7. The summed E-state index contributed by atoms with van der Waals surface area (Å²) in [7, 11) is -1.96. The Hall–Kier alpha value is -3.18. The molecule has 1 aliphatic heterocycles. The molecule has 172 valence electrons. The van der Waals surface area contributed by atoms with E-state index in [0.717, 1.165) is 11.4 Å². The lowest BCUT2D eigenvalue weighted by Gasteiger charge is -2.36. The van der Waals surface area contributed by atoms with Gasteiger partial charge >= 0.3 is 0 Å². The molecule has 1 N–H and O–H groups in total. The van der Waals surface area contributed by atoms with Crippen molar-refractivity contribution < 1.29 is 22.9 Å². The van der Waals surface area contributed by atoms with Crippen LogP contribution in [0.5, 0.6) is 5.75 Å². The van der Waals surface area contributed by atoms with E-state index in [1.807, 2.05) is 24.3 Å². The number of piperazine rings is 1. The number of aryl methyl sites for hydroxylation is 1. The van der Waals surface area contributed by atoms with Gasteiger partial charge in [-0.05, 0) is 25.1 Å². The molecule has 2 aromatic carbocycles. The third-order valence-electron chi connectivity index (χ3n) is 5.37. The summed E-state index contributed by atoms with van der Waals surface area (Å²) < 4.78 is 32.2. The lowest BCUT2D eigenvalue weighted by molar-refractivity contribution is -0.385. The van der Waals surface area contributed by atoms with Gasteiger partial charge in [0, 0.05) is 49.9 Å². The van der Waals surface area contributed by atoms with E-state index in [2.05, 4.69) is 10.2 Å². The van der Waals surface area contributed by atoms with Crippen LogP contribution in [-0.2, 0) is 10.0 Å². The average molecular weight is 463 g/mol. The number of nitrogens with one attached hydrogen (secondary N) is 1. The minimum Gasteiger partial charge on any atom is -0.495 e. The van der Waals surface area contributed by atoms with E-state index < -0.39 is 20.9 Å². The van der Waals surface area contributed by atoms with Crippen molar-refractivity contribution in [1.82, 2.24) is 9.62 Å². The van der Waals surface area contributed by atoms with Crippen LogP contribution in [0.3, 0.4) is 0 Å². The van der Waals surface area contributed by atoms with Crippen LogP contribution in [0.2, 0.25) is 0 Å². The summed E-state index contributed by atoms with van der Waals surface area (Å²) in [6.07, 6.45) is 0. The quantitative estimate of drug-likeness (QED) is 0.469. The van der Waals surface area contributed by atoms with Crippen LogP contribution in [0.15, 0.2) is 42.5 Å². The van der Waals surface area contributed by atoms with Crippen molar-refractivity contribution in [3.05, 3.63) is 63.7 Å². The van der Waals surface area contributed by atoms with Crippen LogP contribution >= 0.6 is 0 Å². The van der Waals surface area contributed by atoms with Gasteiger partial charge in [0.2, 0.25) is 10.0 Å². The van der Waals surface area contributed by atoms with Gasteiger partial charge in [0.25, 0.3) is 11.6 Å². The van der Waals surface area contributed by atoms with Gasteiger partial charge in [0.15, 0.2) is 0 Å². The zero-order chi connectivity index (χ0) is 23.3. The standard InChI is InChI=1S/C21H26N4O6S/c1-16-7-8-17(15-19(16)25(27)28)21(26)22-9-14-32(29,30)24-12-10-23(11-13-24)18-5-3-4-6-20(18)31-2/h3-8,15H,9-14H2,1-2H3,(H,22,26). The fourth-order valence-electron chi connectivity index (χ4n) is 3.57. The number of rotatable bonds is 8. The highest BCUT2D eigenvalue weighted by Crippen LogP contribution is 2.28. The highest BCUT2D eigenvalue weighted by Gasteiger charge is 2.28. The highest BCUT2D eigenvalue weighted by molar-refractivity contribution is 7.89. The summed E-state index contributed by atoms with van der Waals surface area (Å²) in [4.78, 5) is 24.9. The van der Waals surface area contributed by atoms with Gasteiger partial charge in [0.05, 0.1) is 23.5 Å². The van der Waals surface area contributed by atoms with E-state index in [-0.39, 0.29) is 23.5 Å². The smallest absolute Gasteiger partial charge is 0.273 e.